The Morgan fingerprint density at radius 3 is 2.78 bits per heavy atom. The van der Waals surface area contributed by atoms with Gasteiger partial charge in [0.25, 0.3) is 0 Å². The van der Waals surface area contributed by atoms with Crippen LogP contribution in [0.25, 0.3) is 0 Å². The van der Waals surface area contributed by atoms with E-state index >= 15 is 0 Å². The zero-order valence-electron chi connectivity index (χ0n) is 5.22. The maximum absolute atomic E-state index is 9.01. The molecule has 2 atom stereocenters. The molecule has 0 radical (unpaired) electrons. The molecule has 9 heavy (non-hydrogen) atoms. The third-order valence-corrected chi connectivity index (χ3v) is 1.64. The molecule has 0 saturated carbocycles. The first-order chi connectivity index (χ1) is 4.20. The van der Waals surface area contributed by atoms with Gasteiger partial charge in [-0.2, -0.15) is 0 Å². The minimum Gasteiger partial charge on any atom is -0.391 e. The van der Waals surface area contributed by atoms with Gasteiger partial charge in [0.05, 0.1) is 12.1 Å². The highest BCUT2D eigenvalue weighted by atomic mass is 32.1. The van der Waals surface area contributed by atoms with Gasteiger partial charge in [-0.15, -0.1) is 0 Å². The van der Waals surface area contributed by atoms with Crippen LogP contribution in [0.2, 0.25) is 0 Å². The Morgan fingerprint density at radius 2 is 2.56 bits per heavy atom. The normalized spacial score (nSPS) is 29.1. The molecule has 0 amide bonds. The zero-order chi connectivity index (χ0) is 6.85. The number of hydrogen-bond acceptors (Lipinski definition) is 2. The molecule has 0 aromatic heterocycles. The predicted molar refractivity (Wildman–Crippen MR) is 39.2 cm³/mol. The Hall–Kier alpha value is -0.350. The summed E-state index contributed by atoms with van der Waals surface area (Å²) in [5.41, 5.74) is 0. The Balaban J connectivity index is 2.39. The first kappa shape index (κ1) is 6.77. The van der Waals surface area contributed by atoms with E-state index in [1.807, 2.05) is 0 Å². The van der Waals surface area contributed by atoms with Crippen LogP contribution < -0.4 is 10.6 Å². The van der Waals surface area contributed by atoms with Crippen molar-refractivity contribution in [2.24, 2.45) is 0 Å². The molecule has 3 N–H and O–H groups in total. The fourth-order valence-electron chi connectivity index (χ4n) is 0.764. The maximum Gasteiger partial charge on any atom is 0.166 e. The second kappa shape index (κ2) is 2.49. The highest BCUT2D eigenvalue weighted by Crippen LogP contribution is 1.95. The molecule has 52 valence electrons. The molecule has 1 heterocycles. The van der Waals surface area contributed by atoms with Crippen LogP contribution in [0.1, 0.15) is 6.92 Å². The summed E-state index contributed by atoms with van der Waals surface area (Å²) in [4.78, 5) is 0. The molecule has 0 aromatic rings. The average Bonchev–Trinajstić information content (AvgIpc) is 2.14. The molecule has 0 aromatic carbocycles. The Bertz CT molecular complexity index is 126. The van der Waals surface area contributed by atoms with E-state index in [-0.39, 0.29) is 12.1 Å². The first-order valence-corrected chi connectivity index (χ1v) is 3.33. The van der Waals surface area contributed by atoms with Gasteiger partial charge in [-0.1, -0.05) is 0 Å². The molecule has 0 bridgehead atoms. The number of nitrogens with one attached hydrogen (secondary N) is 2. The van der Waals surface area contributed by atoms with Crippen LogP contribution in [0.3, 0.4) is 0 Å². The van der Waals surface area contributed by atoms with Crippen LogP contribution in [0.5, 0.6) is 0 Å². The van der Waals surface area contributed by atoms with Gasteiger partial charge in [0.1, 0.15) is 0 Å². The zero-order valence-corrected chi connectivity index (χ0v) is 6.03. The number of aliphatic hydroxyl groups excluding tert-OH is 1. The molecule has 1 aliphatic heterocycles. The lowest BCUT2D eigenvalue weighted by Crippen LogP contribution is -2.35. The molecule has 4 heteroatoms. The molecule has 0 spiro atoms. The quantitative estimate of drug-likeness (QED) is 0.424. The summed E-state index contributed by atoms with van der Waals surface area (Å²) in [6.45, 7) is 2.48. The van der Waals surface area contributed by atoms with E-state index in [0.717, 1.165) is 6.54 Å². The lowest BCUT2D eigenvalue weighted by atomic mass is 10.2. The summed E-state index contributed by atoms with van der Waals surface area (Å²) in [5.74, 6) is 0. The van der Waals surface area contributed by atoms with E-state index in [9.17, 15) is 0 Å². The van der Waals surface area contributed by atoms with Crippen molar-refractivity contribution in [3.63, 3.8) is 0 Å². The van der Waals surface area contributed by atoms with Gasteiger partial charge in [-0.25, -0.2) is 0 Å². The molecular weight excluding hydrogens is 136 g/mol. The minimum absolute atomic E-state index is 0.0949. The summed E-state index contributed by atoms with van der Waals surface area (Å²) in [6, 6.07) is 0.0949. The second-order valence-electron chi connectivity index (χ2n) is 2.20. The highest BCUT2D eigenvalue weighted by Gasteiger charge is 2.20. The average molecular weight is 146 g/mol. The van der Waals surface area contributed by atoms with Crippen molar-refractivity contribution >= 4 is 17.3 Å². The fourth-order valence-corrected chi connectivity index (χ4v) is 0.999. The molecule has 1 saturated heterocycles. The van der Waals surface area contributed by atoms with Crippen molar-refractivity contribution in [2.75, 3.05) is 6.54 Å². The smallest absolute Gasteiger partial charge is 0.166 e. The Kier molecular flexibility index (Phi) is 1.87. The Labute approximate surface area is 59.4 Å². The number of hydrogen-bond donors (Lipinski definition) is 3. The number of rotatable bonds is 1. The van der Waals surface area contributed by atoms with Crippen molar-refractivity contribution in [3.05, 3.63) is 0 Å². The van der Waals surface area contributed by atoms with Crippen LogP contribution in [0.15, 0.2) is 0 Å². The van der Waals surface area contributed by atoms with E-state index < -0.39 is 0 Å². The van der Waals surface area contributed by atoms with Crippen molar-refractivity contribution in [2.45, 2.75) is 19.1 Å². The van der Waals surface area contributed by atoms with Gasteiger partial charge >= 0.3 is 0 Å². The summed E-state index contributed by atoms with van der Waals surface area (Å²) in [6.07, 6.45) is -0.335. The van der Waals surface area contributed by atoms with E-state index in [4.69, 9.17) is 17.3 Å². The molecule has 1 fully saturated rings. The minimum atomic E-state index is -0.335. The van der Waals surface area contributed by atoms with Gasteiger partial charge < -0.3 is 15.7 Å². The van der Waals surface area contributed by atoms with Crippen LogP contribution >= 0.6 is 12.2 Å². The van der Waals surface area contributed by atoms with Crippen molar-refractivity contribution in [1.29, 1.82) is 0 Å². The van der Waals surface area contributed by atoms with Crippen molar-refractivity contribution < 1.29 is 5.11 Å². The SMILES string of the molecule is CC(O)C1CNC(=S)N1. The Morgan fingerprint density at radius 1 is 1.89 bits per heavy atom. The summed E-state index contributed by atoms with van der Waals surface area (Å²) >= 11 is 4.78. The summed E-state index contributed by atoms with van der Waals surface area (Å²) < 4.78 is 0. The number of aliphatic hydroxyl groups is 1. The van der Waals surface area contributed by atoms with Crippen LogP contribution in [-0.4, -0.2) is 28.9 Å². The van der Waals surface area contributed by atoms with Crippen LogP contribution in [0.4, 0.5) is 0 Å². The van der Waals surface area contributed by atoms with Gasteiger partial charge in [-0.3, -0.25) is 0 Å². The number of thiocarbonyl (C=S) groups is 1. The van der Waals surface area contributed by atoms with E-state index in [1.165, 1.54) is 0 Å². The van der Waals surface area contributed by atoms with Gasteiger partial charge in [0.15, 0.2) is 5.11 Å². The monoisotopic (exact) mass is 146 g/mol. The lowest BCUT2D eigenvalue weighted by molar-refractivity contribution is 0.162. The molecule has 2 unspecified atom stereocenters. The van der Waals surface area contributed by atoms with Crippen molar-refractivity contribution in [3.8, 4) is 0 Å². The van der Waals surface area contributed by atoms with Gasteiger partial charge in [0, 0.05) is 6.54 Å². The third-order valence-electron chi connectivity index (χ3n) is 1.38. The fraction of sp³-hybridized carbons (Fsp3) is 0.800. The van der Waals surface area contributed by atoms with E-state index in [1.54, 1.807) is 6.92 Å². The highest BCUT2D eigenvalue weighted by molar-refractivity contribution is 7.80. The molecular formula is C5H10N2OS. The topological polar surface area (TPSA) is 44.3 Å². The van der Waals surface area contributed by atoms with E-state index in [2.05, 4.69) is 10.6 Å². The van der Waals surface area contributed by atoms with Gasteiger partial charge in [0.2, 0.25) is 0 Å². The summed E-state index contributed by atoms with van der Waals surface area (Å²) in [5, 5.41) is 15.5. The molecule has 1 aliphatic rings. The van der Waals surface area contributed by atoms with Crippen LogP contribution in [0, 0.1) is 0 Å². The molecule has 3 nitrogen and oxygen atoms in total. The molecule has 1 rings (SSSR count). The van der Waals surface area contributed by atoms with Crippen LogP contribution in [-0.2, 0) is 0 Å². The second-order valence-corrected chi connectivity index (χ2v) is 2.61. The van der Waals surface area contributed by atoms with E-state index in [0.29, 0.717) is 5.11 Å². The van der Waals surface area contributed by atoms with Gasteiger partial charge in [-0.05, 0) is 19.1 Å². The largest absolute Gasteiger partial charge is 0.391 e. The standard InChI is InChI=1S/C5H10N2OS/c1-3(8)4-2-6-5(9)7-4/h3-4,8H,2H2,1H3,(H2,6,7,9). The lowest BCUT2D eigenvalue weighted by Gasteiger charge is -2.10. The predicted octanol–water partition coefficient (Wildman–Crippen LogP) is -0.787. The maximum atomic E-state index is 9.01. The third kappa shape index (κ3) is 1.53. The van der Waals surface area contributed by atoms with Crippen molar-refractivity contribution in [1.82, 2.24) is 10.6 Å². The summed E-state index contributed by atoms with van der Waals surface area (Å²) in [7, 11) is 0. The molecule has 0 aliphatic carbocycles. The first-order valence-electron chi connectivity index (χ1n) is 2.92.